The molecule has 2 heterocycles. The van der Waals surface area contributed by atoms with E-state index in [4.69, 9.17) is 28.2 Å². The number of carbonyl (C=O) groups is 2. The lowest BCUT2D eigenvalue weighted by atomic mass is 10.1. The van der Waals surface area contributed by atoms with Crippen molar-refractivity contribution in [3.8, 4) is 0 Å². The summed E-state index contributed by atoms with van der Waals surface area (Å²) in [6.45, 7) is 0. The van der Waals surface area contributed by atoms with Gasteiger partial charge in [-0.3, -0.25) is 19.8 Å². The first-order valence-corrected chi connectivity index (χ1v) is 11.1. The predicted octanol–water partition coefficient (Wildman–Crippen LogP) is 5.82. The predicted molar refractivity (Wildman–Crippen MR) is 125 cm³/mol. The topological polar surface area (TPSA) is 62.6 Å². The van der Waals surface area contributed by atoms with E-state index in [2.05, 4.69) is 21.2 Å². The highest BCUT2D eigenvalue weighted by molar-refractivity contribution is 9.10. The van der Waals surface area contributed by atoms with Gasteiger partial charge in [0.1, 0.15) is 17.2 Å². The van der Waals surface area contributed by atoms with E-state index >= 15 is 0 Å². The number of nitrogens with zero attached hydrogens (tertiary/aromatic N) is 1. The van der Waals surface area contributed by atoms with Crippen LogP contribution >= 0.6 is 51.5 Å². The largest absolute Gasteiger partial charge is 0.449 e. The van der Waals surface area contributed by atoms with Gasteiger partial charge in [-0.25, -0.2) is 4.39 Å². The van der Waals surface area contributed by atoms with E-state index in [1.54, 1.807) is 18.2 Å². The number of thiocarbonyl (C=S) groups is 1. The fraction of sp³-hybridized carbons (Fsp3) is 0. The fourth-order valence-electron chi connectivity index (χ4n) is 2.74. The van der Waals surface area contributed by atoms with Crippen molar-refractivity contribution >= 4 is 80.2 Å². The van der Waals surface area contributed by atoms with Gasteiger partial charge in [0.05, 0.1) is 10.2 Å². The number of hydrogen-bond acceptors (Lipinski definition) is 5. The first-order chi connectivity index (χ1) is 14.8. The van der Waals surface area contributed by atoms with E-state index in [-0.39, 0.29) is 10.7 Å². The molecule has 1 aliphatic rings. The highest BCUT2D eigenvalue weighted by atomic mass is 79.9. The summed E-state index contributed by atoms with van der Waals surface area (Å²) in [5, 5.41) is 3.56. The molecule has 5 nitrogen and oxygen atoms in total. The first kappa shape index (κ1) is 21.8. The van der Waals surface area contributed by atoms with Crippen molar-refractivity contribution in [1.29, 1.82) is 0 Å². The first-order valence-electron chi connectivity index (χ1n) is 8.71. The average molecular weight is 538 g/mol. The van der Waals surface area contributed by atoms with Crippen molar-refractivity contribution in [2.45, 2.75) is 9.99 Å². The van der Waals surface area contributed by atoms with E-state index in [9.17, 15) is 14.0 Å². The van der Waals surface area contributed by atoms with Crippen LogP contribution in [0.3, 0.4) is 0 Å². The number of carbonyl (C=O) groups excluding carboxylic acids is 2. The van der Waals surface area contributed by atoms with E-state index in [0.717, 1.165) is 9.80 Å². The molecule has 1 aliphatic heterocycles. The molecule has 0 aliphatic carbocycles. The molecule has 31 heavy (non-hydrogen) atoms. The molecule has 2 amide bonds. The van der Waals surface area contributed by atoms with Gasteiger partial charge in [0, 0.05) is 9.92 Å². The average Bonchev–Trinajstić information content (AvgIpc) is 3.07. The molecule has 10 heteroatoms. The molecule has 1 fully saturated rings. The molecule has 0 atom stereocenters. The zero-order valence-electron chi connectivity index (χ0n) is 15.4. The Morgan fingerprint density at radius 1 is 1.13 bits per heavy atom. The van der Waals surface area contributed by atoms with Crippen LogP contribution in [0.1, 0.15) is 5.76 Å². The van der Waals surface area contributed by atoms with Crippen LogP contribution in [0.2, 0.25) is 5.02 Å². The maximum Gasteiger partial charge on any atom is 0.270 e. The third kappa shape index (κ3) is 4.74. The third-order valence-corrected chi connectivity index (χ3v) is 6.56. The summed E-state index contributed by atoms with van der Waals surface area (Å²) in [6, 6.07) is 14.1. The van der Waals surface area contributed by atoms with E-state index < -0.39 is 17.6 Å². The molecule has 1 aromatic heterocycles. The Bertz CT molecular complexity index is 1230. The maximum atomic E-state index is 13.2. The molecule has 0 bridgehead atoms. The Hall–Kier alpha value is -2.46. The van der Waals surface area contributed by atoms with Crippen LogP contribution in [0.4, 0.5) is 10.1 Å². The number of halogens is 3. The molecule has 0 radical (unpaired) electrons. The minimum absolute atomic E-state index is 0.0848. The number of benzene rings is 2. The summed E-state index contributed by atoms with van der Waals surface area (Å²) >= 11 is 15.8. The molecule has 4 rings (SSSR count). The molecule has 2 aromatic carbocycles. The molecule has 1 saturated heterocycles. The zero-order valence-corrected chi connectivity index (χ0v) is 19.4. The van der Waals surface area contributed by atoms with Crippen LogP contribution in [0.25, 0.3) is 6.08 Å². The summed E-state index contributed by atoms with van der Waals surface area (Å²) in [6.07, 6.45) is 1.34. The van der Waals surface area contributed by atoms with Crippen molar-refractivity contribution in [1.82, 2.24) is 5.32 Å². The van der Waals surface area contributed by atoms with Gasteiger partial charge in [-0.05, 0) is 88.8 Å². The Labute approximate surface area is 199 Å². The van der Waals surface area contributed by atoms with Crippen LogP contribution in [-0.2, 0) is 9.59 Å². The summed E-state index contributed by atoms with van der Waals surface area (Å²) in [4.78, 5) is 27.4. The normalized spacial score (nSPS) is 15.5. The van der Waals surface area contributed by atoms with Crippen molar-refractivity contribution in [3.05, 3.63) is 81.2 Å². The highest BCUT2D eigenvalue weighted by Crippen LogP contribution is 2.37. The number of hydrogen-bond donors (Lipinski definition) is 1. The van der Waals surface area contributed by atoms with Gasteiger partial charge in [-0.1, -0.05) is 23.4 Å². The van der Waals surface area contributed by atoms with Gasteiger partial charge in [0.25, 0.3) is 11.8 Å². The fourth-order valence-corrected chi connectivity index (χ4v) is 4.48. The standard InChI is InChI=1S/C21H11BrClFN2O3S2/c22-17-10-14(29-20(17)31-15-7-1-11(23)2-8-15)9-16-18(27)25-21(30)26(19(16)28)13-5-3-12(24)4-6-13/h1-10H,(H,25,27,30). The molecule has 0 saturated carbocycles. The number of anilines is 1. The molecule has 1 N–H and O–H groups in total. The molecule has 0 spiro atoms. The van der Waals surface area contributed by atoms with Gasteiger partial charge in [0.2, 0.25) is 0 Å². The van der Waals surface area contributed by atoms with E-state index in [0.29, 0.717) is 26.0 Å². The Morgan fingerprint density at radius 2 is 1.81 bits per heavy atom. The second kappa shape index (κ2) is 8.96. The quantitative estimate of drug-likeness (QED) is 0.258. The van der Waals surface area contributed by atoms with Crippen LogP contribution in [0, 0.1) is 5.82 Å². The minimum atomic E-state index is -0.646. The highest BCUT2D eigenvalue weighted by Gasteiger charge is 2.34. The number of nitrogens with one attached hydrogen (secondary N) is 1. The number of furan rings is 1. The Morgan fingerprint density at radius 3 is 2.48 bits per heavy atom. The minimum Gasteiger partial charge on any atom is -0.449 e. The summed E-state index contributed by atoms with van der Waals surface area (Å²) in [5.41, 5.74) is 0.170. The van der Waals surface area contributed by atoms with Crippen LogP contribution in [0.5, 0.6) is 0 Å². The summed E-state index contributed by atoms with van der Waals surface area (Å²) in [7, 11) is 0. The molecular formula is C21H11BrClFN2O3S2. The SMILES string of the molecule is O=C1NC(=S)N(c2ccc(F)cc2)C(=O)C1=Cc1cc(Br)c(Sc2ccc(Cl)cc2)o1. The lowest BCUT2D eigenvalue weighted by Crippen LogP contribution is -2.54. The van der Waals surface area contributed by atoms with Crippen LogP contribution < -0.4 is 10.2 Å². The summed E-state index contributed by atoms with van der Waals surface area (Å²) < 4.78 is 19.7. The zero-order chi connectivity index (χ0) is 22.1. The van der Waals surface area contributed by atoms with Gasteiger partial charge < -0.3 is 4.42 Å². The van der Waals surface area contributed by atoms with E-state index in [1.807, 2.05) is 12.1 Å². The second-order valence-electron chi connectivity index (χ2n) is 6.27. The third-order valence-electron chi connectivity index (χ3n) is 4.17. The molecule has 156 valence electrons. The van der Waals surface area contributed by atoms with Crippen molar-refractivity contribution in [2.75, 3.05) is 4.90 Å². The van der Waals surface area contributed by atoms with Crippen LogP contribution in [0.15, 0.2) is 79.0 Å². The van der Waals surface area contributed by atoms with Crippen LogP contribution in [-0.4, -0.2) is 16.9 Å². The second-order valence-corrected chi connectivity index (χ2v) is 9.00. The summed E-state index contributed by atoms with van der Waals surface area (Å²) in [5.74, 6) is -1.44. The Kier molecular flexibility index (Phi) is 6.29. The lowest BCUT2D eigenvalue weighted by Gasteiger charge is -2.28. The smallest absolute Gasteiger partial charge is 0.270 e. The molecule has 0 unspecified atom stereocenters. The number of amides is 2. The van der Waals surface area contributed by atoms with Gasteiger partial charge in [-0.15, -0.1) is 0 Å². The number of rotatable bonds is 4. The molecule has 3 aromatic rings. The van der Waals surface area contributed by atoms with Gasteiger partial charge >= 0.3 is 0 Å². The van der Waals surface area contributed by atoms with Crippen molar-refractivity contribution in [3.63, 3.8) is 0 Å². The van der Waals surface area contributed by atoms with Gasteiger partial charge in [0.15, 0.2) is 10.2 Å². The monoisotopic (exact) mass is 536 g/mol. The molecular weight excluding hydrogens is 527 g/mol. The van der Waals surface area contributed by atoms with E-state index in [1.165, 1.54) is 42.1 Å². The lowest BCUT2D eigenvalue weighted by molar-refractivity contribution is -0.122. The van der Waals surface area contributed by atoms with Crippen molar-refractivity contribution < 1.29 is 18.4 Å². The Balaban J connectivity index is 1.63. The maximum absolute atomic E-state index is 13.2. The van der Waals surface area contributed by atoms with Gasteiger partial charge in [-0.2, -0.15) is 0 Å². The van der Waals surface area contributed by atoms with Crippen molar-refractivity contribution in [2.24, 2.45) is 0 Å².